The van der Waals surface area contributed by atoms with Crippen molar-refractivity contribution >= 4 is 9.84 Å². The van der Waals surface area contributed by atoms with Gasteiger partial charge in [0, 0.05) is 18.3 Å². The molecule has 0 bridgehead atoms. The van der Waals surface area contributed by atoms with Crippen molar-refractivity contribution in [2.45, 2.75) is 55.9 Å². The van der Waals surface area contributed by atoms with Crippen LogP contribution >= 0.6 is 0 Å². The lowest BCUT2D eigenvalue weighted by Crippen LogP contribution is -2.46. The minimum Gasteiger partial charge on any atom is -0.310 e. The third-order valence-corrected chi connectivity index (χ3v) is 4.94. The van der Waals surface area contributed by atoms with Gasteiger partial charge in [0.05, 0.1) is 5.25 Å². The van der Waals surface area contributed by atoms with E-state index in [1.807, 2.05) is 0 Å². The van der Waals surface area contributed by atoms with Gasteiger partial charge in [0.15, 0.2) is 9.84 Å². The molecule has 2 aliphatic rings. The Labute approximate surface area is 86.2 Å². The molecule has 4 heteroatoms. The predicted octanol–water partition coefficient (Wildman–Crippen LogP) is 1.09. The molecule has 0 saturated heterocycles. The van der Waals surface area contributed by atoms with Gasteiger partial charge in [-0.3, -0.25) is 0 Å². The van der Waals surface area contributed by atoms with Crippen molar-refractivity contribution in [1.29, 1.82) is 0 Å². The second-order valence-electron chi connectivity index (χ2n) is 4.70. The zero-order valence-corrected chi connectivity index (χ0v) is 9.52. The average Bonchev–Trinajstić information content (AvgIpc) is 2.87. The Morgan fingerprint density at radius 3 is 2.29 bits per heavy atom. The first-order valence-electron chi connectivity index (χ1n) is 5.52. The second-order valence-corrected chi connectivity index (χ2v) is 6.96. The summed E-state index contributed by atoms with van der Waals surface area (Å²) >= 11 is 0. The molecular weight excluding hydrogens is 198 g/mol. The van der Waals surface area contributed by atoms with Crippen molar-refractivity contribution in [3.63, 3.8) is 0 Å². The molecule has 0 spiro atoms. The van der Waals surface area contributed by atoms with Crippen LogP contribution in [0.5, 0.6) is 0 Å². The summed E-state index contributed by atoms with van der Waals surface area (Å²) in [5.74, 6) is 0. The summed E-state index contributed by atoms with van der Waals surface area (Å²) < 4.78 is 23.1. The van der Waals surface area contributed by atoms with Gasteiger partial charge >= 0.3 is 0 Å². The van der Waals surface area contributed by atoms with E-state index in [0.717, 1.165) is 19.3 Å². The van der Waals surface area contributed by atoms with Crippen LogP contribution in [0.4, 0.5) is 0 Å². The van der Waals surface area contributed by atoms with Crippen molar-refractivity contribution in [2.24, 2.45) is 0 Å². The molecule has 0 amide bonds. The molecule has 2 atom stereocenters. The third kappa shape index (κ3) is 2.48. The maximum atomic E-state index is 11.6. The van der Waals surface area contributed by atoms with Gasteiger partial charge in [0.2, 0.25) is 0 Å². The standard InChI is InChI=1S/C10H19NO2S/c1-14(12,13)10-5-3-2-4-9(10)11-8-6-7-8/h8-11H,2-7H2,1H3. The fourth-order valence-electron chi connectivity index (χ4n) is 2.35. The van der Waals surface area contributed by atoms with E-state index in [1.165, 1.54) is 25.5 Å². The van der Waals surface area contributed by atoms with Crippen LogP contribution in [0, 0.1) is 0 Å². The maximum Gasteiger partial charge on any atom is 0.151 e. The lowest BCUT2D eigenvalue weighted by atomic mass is 9.95. The molecule has 2 fully saturated rings. The number of hydrogen-bond acceptors (Lipinski definition) is 3. The number of sulfone groups is 1. The van der Waals surface area contributed by atoms with Crippen molar-refractivity contribution in [3.05, 3.63) is 0 Å². The fraction of sp³-hybridized carbons (Fsp3) is 1.00. The molecule has 0 aliphatic heterocycles. The van der Waals surface area contributed by atoms with Crippen molar-refractivity contribution < 1.29 is 8.42 Å². The van der Waals surface area contributed by atoms with Crippen molar-refractivity contribution in [3.8, 4) is 0 Å². The summed E-state index contributed by atoms with van der Waals surface area (Å²) in [6.07, 6.45) is 7.97. The summed E-state index contributed by atoms with van der Waals surface area (Å²) in [7, 11) is -2.86. The van der Waals surface area contributed by atoms with Gasteiger partial charge in [-0.15, -0.1) is 0 Å². The highest BCUT2D eigenvalue weighted by molar-refractivity contribution is 7.91. The molecule has 2 saturated carbocycles. The lowest BCUT2D eigenvalue weighted by molar-refractivity contribution is 0.370. The van der Waals surface area contributed by atoms with E-state index in [1.54, 1.807) is 0 Å². The Morgan fingerprint density at radius 1 is 1.07 bits per heavy atom. The van der Waals surface area contributed by atoms with Crippen molar-refractivity contribution in [2.75, 3.05) is 6.26 Å². The van der Waals surface area contributed by atoms with Crippen LogP contribution in [0.1, 0.15) is 38.5 Å². The smallest absolute Gasteiger partial charge is 0.151 e. The van der Waals surface area contributed by atoms with E-state index in [-0.39, 0.29) is 11.3 Å². The monoisotopic (exact) mass is 217 g/mol. The Morgan fingerprint density at radius 2 is 1.71 bits per heavy atom. The van der Waals surface area contributed by atoms with Gasteiger partial charge in [0.25, 0.3) is 0 Å². The van der Waals surface area contributed by atoms with Crippen LogP contribution in [0.3, 0.4) is 0 Å². The first kappa shape index (κ1) is 10.4. The summed E-state index contributed by atoms with van der Waals surface area (Å²) in [6.45, 7) is 0. The zero-order valence-electron chi connectivity index (χ0n) is 8.70. The molecule has 82 valence electrons. The Kier molecular flexibility index (Phi) is 2.84. The number of nitrogens with one attached hydrogen (secondary N) is 1. The predicted molar refractivity (Wildman–Crippen MR) is 57.0 cm³/mol. The quantitative estimate of drug-likeness (QED) is 0.770. The van der Waals surface area contributed by atoms with Gasteiger partial charge in [-0.1, -0.05) is 12.8 Å². The molecule has 14 heavy (non-hydrogen) atoms. The second kappa shape index (κ2) is 3.81. The molecule has 0 heterocycles. The first-order chi connectivity index (χ1) is 6.57. The van der Waals surface area contributed by atoms with E-state index in [0.29, 0.717) is 6.04 Å². The Balaban J connectivity index is 2.02. The Hall–Kier alpha value is -0.0900. The molecule has 2 unspecified atom stereocenters. The van der Waals surface area contributed by atoms with Crippen LogP contribution in [-0.4, -0.2) is 32.0 Å². The van der Waals surface area contributed by atoms with E-state index in [9.17, 15) is 8.42 Å². The molecule has 3 nitrogen and oxygen atoms in total. The van der Waals surface area contributed by atoms with Crippen LogP contribution in [-0.2, 0) is 9.84 Å². The summed E-state index contributed by atoms with van der Waals surface area (Å²) in [4.78, 5) is 0. The van der Waals surface area contributed by atoms with Crippen molar-refractivity contribution in [1.82, 2.24) is 5.32 Å². The van der Waals surface area contributed by atoms with Crippen LogP contribution in [0.25, 0.3) is 0 Å². The van der Waals surface area contributed by atoms with E-state index >= 15 is 0 Å². The topological polar surface area (TPSA) is 46.2 Å². The molecule has 2 aliphatic carbocycles. The summed E-state index contributed by atoms with van der Waals surface area (Å²) in [5, 5.41) is 3.34. The van der Waals surface area contributed by atoms with E-state index < -0.39 is 9.84 Å². The Bertz CT molecular complexity index is 295. The molecule has 1 N–H and O–H groups in total. The normalized spacial score (nSPS) is 34.4. The van der Waals surface area contributed by atoms with E-state index in [4.69, 9.17) is 0 Å². The lowest BCUT2D eigenvalue weighted by Gasteiger charge is -2.31. The van der Waals surface area contributed by atoms with Crippen LogP contribution < -0.4 is 5.32 Å². The highest BCUT2D eigenvalue weighted by Crippen LogP contribution is 2.28. The van der Waals surface area contributed by atoms with Crippen LogP contribution in [0.2, 0.25) is 0 Å². The van der Waals surface area contributed by atoms with Gasteiger partial charge < -0.3 is 5.32 Å². The third-order valence-electron chi connectivity index (χ3n) is 3.28. The number of rotatable bonds is 3. The molecule has 0 aromatic heterocycles. The minimum absolute atomic E-state index is 0.128. The minimum atomic E-state index is -2.86. The molecular formula is C10H19NO2S. The maximum absolute atomic E-state index is 11.6. The van der Waals surface area contributed by atoms with Crippen LogP contribution in [0.15, 0.2) is 0 Å². The summed E-state index contributed by atoms with van der Waals surface area (Å²) in [5.41, 5.74) is 0. The molecule has 0 aromatic carbocycles. The van der Waals surface area contributed by atoms with Gasteiger partial charge in [0.1, 0.15) is 0 Å². The van der Waals surface area contributed by atoms with Gasteiger partial charge in [-0.2, -0.15) is 0 Å². The summed E-state index contributed by atoms with van der Waals surface area (Å²) in [6, 6.07) is 0.841. The first-order valence-corrected chi connectivity index (χ1v) is 7.48. The highest BCUT2D eigenvalue weighted by atomic mass is 32.2. The SMILES string of the molecule is CS(=O)(=O)C1CCCCC1NC1CC1. The van der Waals surface area contributed by atoms with Gasteiger partial charge in [-0.25, -0.2) is 8.42 Å². The molecule has 0 radical (unpaired) electrons. The molecule has 0 aromatic rings. The zero-order chi connectivity index (χ0) is 10.2. The van der Waals surface area contributed by atoms with E-state index in [2.05, 4.69) is 5.32 Å². The average molecular weight is 217 g/mol. The fourth-order valence-corrected chi connectivity index (χ4v) is 3.76. The number of hydrogen-bond donors (Lipinski definition) is 1. The highest BCUT2D eigenvalue weighted by Gasteiger charge is 2.35. The van der Waals surface area contributed by atoms with Gasteiger partial charge in [-0.05, 0) is 25.7 Å². The largest absolute Gasteiger partial charge is 0.310 e. The molecule has 2 rings (SSSR count).